The number of aromatic nitrogens is 1. The van der Waals surface area contributed by atoms with Crippen LogP contribution in [0.1, 0.15) is 31.2 Å². The van der Waals surface area contributed by atoms with Gasteiger partial charge in [-0.05, 0) is 44.4 Å². The molecule has 1 aromatic rings. The van der Waals surface area contributed by atoms with Crippen LogP contribution in [0.2, 0.25) is 5.02 Å². The fourth-order valence-corrected chi connectivity index (χ4v) is 2.25. The number of nitrogens with zero attached hydrogens (tertiary/aromatic N) is 1. The first-order chi connectivity index (χ1) is 7.79. The van der Waals surface area contributed by atoms with E-state index in [4.69, 9.17) is 16.3 Å². The molecule has 1 aliphatic carbocycles. The first kappa shape index (κ1) is 11.7. The lowest BCUT2D eigenvalue weighted by atomic mass is 10.3. The van der Waals surface area contributed by atoms with Crippen LogP contribution in [0, 0.1) is 0 Å². The molecule has 4 heteroatoms. The Kier molecular flexibility index (Phi) is 4.02. The summed E-state index contributed by atoms with van der Waals surface area (Å²) in [6, 6.07) is 1.91. The van der Waals surface area contributed by atoms with Gasteiger partial charge in [-0.1, -0.05) is 11.6 Å². The van der Waals surface area contributed by atoms with Crippen molar-refractivity contribution in [2.24, 2.45) is 0 Å². The molecule has 0 spiro atoms. The predicted molar refractivity (Wildman–Crippen MR) is 64.9 cm³/mol. The van der Waals surface area contributed by atoms with Gasteiger partial charge < -0.3 is 10.1 Å². The molecule has 1 saturated carbocycles. The number of nitrogens with one attached hydrogen (secondary N) is 1. The van der Waals surface area contributed by atoms with E-state index in [-0.39, 0.29) is 0 Å². The summed E-state index contributed by atoms with van der Waals surface area (Å²) in [5, 5.41) is 3.68. The molecule has 0 radical (unpaired) electrons. The number of pyridine rings is 1. The van der Waals surface area contributed by atoms with Crippen LogP contribution in [0.15, 0.2) is 12.3 Å². The fourth-order valence-electron chi connectivity index (χ4n) is 2.02. The molecule has 1 fully saturated rings. The van der Waals surface area contributed by atoms with Crippen molar-refractivity contribution >= 4 is 11.6 Å². The summed E-state index contributed by atoms with van der Waals surface area (Å²) in [7, 11) is 1.90. The van der Waals surface area contributed by atoms with Crippen molar-refractivity contribution in [1.82, 2.24) is 10.3 Å². The quantitative estimate of drug-likeness (QED) is 0.879. The van der Waals surface area contributed by atoms with Crippen LogP contribution >= 0.6 is 11.6 Å². The van der Waals surface area contributed by atoms with Gasteiger partial charge in [0, 0.05) is 12.7 Å². The third-order valence-corrected chi connectivity index (χ3v) is 3.10. The van der Waals surface area contributed by atoms with Crippen LogP contribution in [-0.4, -0.2) is 18.1 Å². The second kappa shape index (κ2) is 5.51. The summed E-state index contributed by atoms with van der Waals surface area (Å²) in [6.07, 6.45) is 6.86. The molecule has 16 heavy (non-hydrogen) atoms. The smallest absolute Gasteiger partial charge is 0.232 e. The van der Waals surface area contributed by atoms with E-state index in [1.165, 1.54) is 12.8 Å². The molecule has 0 amide bonds. The van der Waals surface area contributed by atoms with Gasteiger partial charge in [0.15, 0.2) is 0 Å². The summed E-state index contributed by atoms with van der Waals surface area (Å²) in [5.41, 5.74) is 1.08. The number of hydrogen-bond donors (Lipinski definition) is 1. The predicted octanol–water partition coefficient (Wildman–Crippen LogP) is 2.78. The Morgan fingerprint density at radius 1 is 1.50 bits per heavy atom. The van der Waals surface area contributed by atoms with E-state index in [1.807, 2.05) is 19.3 Å². The maximum absolute atomic E-state index is 6.13. The molecule has 0 aliphatic heterocycles. The molecule has 1 aliphatic rings. The highest BCUT2D eigenvalue weighted by Crippen LogP contribution is 2.28. The number of ether oxygens (including phenoxy) is 1. The maximum Gasteiger partial charge on any atom is 0.232 e. The summed E-state index contributed by atoms with van der Waals surface area (Å²) in [4.78, 5) is 4.27. The molecule has 0 bridgehead atoms. The monoisotopic (exact) mass is 240 g/mol. The highest BCUT2D eigenvalue weighted by molar-refractivity contribution is 6.31. The van der Waals surface area contributed by atoms with Crippen molar-refractivity contribution < 1.29 is 4.74 Å². The molecule has 88 valence electrons. The Bertz CT molecular complexity index is 351. The molecule has 0 atom stereocenters. The normalized spacial score (nSPS) is 16.6. The molecular weight excluding hydrogens is 224 g/mol. The highest BCUT2D eigenvalue weighted by Gasteiger charge is 2.18. The topological polar surface area (TPSA) is 34.2 Å². The fraction of sp³-hybridized carbons (Fsp3) is 0.583. The molecule has 3 nitrogen and oxygen atoms in total. The Labute approximate surface area is 101 Å². The zero-order valence-electron chi connectivity index (χ0n) is 9.50. The van der Waals surface area contributed by atoms with Gasteiger partial charge in [0.25, 0.3) is 0 Å². The lowest BCUT2D eigenvalue weighted by molar-refractivity contribution is 0.201. The lowest BCUT2D eigenvalue weighted by Crippen LogP contribution is -2.12. The average Bonchev–Trinajstić information content (AvgIpc) is 2.75. The summed E-state index contributed by atoms with van der Waals surface area (Å²) >= 11 is 6.13. The second-order valence-corrected chi connectivity index (χ2v) is 4.59. The second-order valence-electron chi connectivity index (χ2n) is 4.19. The average molecular weight is 241 g/mol. The number of halogens is 1. The Hall–Kier alpha value is -0.800. The SMILES string of the molecule is CNCc1cnc(OC2CCCC2)c(Cl)c1. The molecule has 0 aromatic carbocycles. The van der Waals surface area contributed by atoms with Crippen LogP contribution < -0.4 is 10.1 Å². The molecular formula is C12H17ClN2O. The van der Waals surface area contributed by atoms with Gasteiger partial charge in [-0.3, -0.25) is 0 Å². The van der Waals surface area contributed by atoms with Gasteiger partial charge in [-0.2, -0.15) is 0 Å². The molecule has 1 aromatic heterocycles. The largest absolute Gasteiger partial charge is 0.473 e. The van der Waals surface area contributed by atoms with Gasteiger partial charge in [-0.15, -0.1) is 0 Å². The molecule has 0 saturated heterocycles. The van der Waals surface area contributed by atoms with Crippen molar-refractivity contribution in [1.29, 1.82) is 0 Å². The summed E-state index contributed by atoms with van der Waals surface area (Å²) in [5.74, 6) is 0.577. The van der Waals surface area contributed by atoms with E-state index in [0.29, 0.717) is 17.0 Å². The molecule has 2 rings (SSSR count). The van der Waals surface area contributed by atoms with Gasteiger partial charge in [-0.25, -0.2) is 4.98 Å². The van der Waals surface area contributed by atoms with E-state index in [9.17, 15) is 0 Å². The minimum Gasteiger partial charge on any atom is -0.473 e. The Morgan fingerprint density at radius 3 is 2.88 bits per heavy atom. The van der Waals surface area contributed by atoms with Crippen molar-refractivity contribution in [2.45, 2.75) is 38.3 Å². The van der Waals surface area contributed by atoms with E-state index < -0.39 is 0 Å². The van der Waals surface area contributed by atoms with E-state index in [1.54, 1.807) is 0 Å². The number of hydrogen-bond acceptors (Lipinski definition) is 3. The third kappa shape index (κ3) is 2.86. The molecule has 1 heterocycles. The van der Waals surface area contributed by atoms with Crippen LogP contribution in [0.5, 0.6) is 5.88 Å². The zero-order chi connectivity index (χ0) is 11.4. The van der Waals surface area contributed by atoms with Crippen LogP contribution in [0.25, 0.3) is 0 Å². The number of rotatable bonds is 4. The Morgan fingerprint density at radius 2 is 2.25 bits per heavy atom. The standard InChI is InChI=1S/C12H17ClN2O/c1-14-7-9-6-11(13)12(15-8-9)16-10-4-2-3-5-10/h6,8,10,14H,2-5,7H2,1H3. The van der Waals surface area contributed by atoms with E-state index in [2.05, 4.69) is 10.3 Å². The van der Waals surface area contributed by atoms with E-state index >= 15 is 0 Å². The van der Waals surface area contributed by atoms with Crippen molar-refractivity contribution in [2.75, 3.05) is 7.05 Å². The lowest BCUT2D eigenvalue weighted by Gasteiger charge is -2.13. The van der Waals surface area contributed by atoms with E-state index in [0.717, 1.165) is 24.9 Å². The summed E-state index contributed by atoms with van der Waals surface area (Å²) < 4.78 is 5.78. The van der Waals surface area contributed by atoms with Crippen molar-refractivity contribution in [3.8, 4) is 5.88 Å². The summed E-state index contributed by atoms with van der Waals surface area (Å²) in [6.45, 7) is 0.774. The van der Waals surface area contributed by atoms with Crippen LogP contribution in [-0.2, 0) is 6.54 Å². The highest BCUT2D eigenvalue weighted by atomic mass is 35.5. The minimum atomic E-state index is 0.306. The molecule has 0 unspecified atom stereocenters. The maximum atomic E-state index is 6.13. The van der Waals surface area contributed by atoms with Gasteiger partial charge in [0.1, 0.15) is 11.1 Å². The van der Waals surface area contributed by atoms with Crippen molar-refractivity contribution in [3.05, 3.63) is 22.8 Å². The van der Waals surface area contributed by atoms with Crippen LogP contribution in [0.3, 0.4) is 0 Å². The zero-order valence-corrected chi connectivity index (χ0v) is 10.3. The van der Waals surface area contributed by atoms with Crippen LogP contribution in [0.4, 0.5) is 0 Å². The van der Waals surface area contributed by atoms with Gasteiger partial charge in [0.05, 0.1) is 0 Å². The van der Waals surface area contributed by atoms with Crippen molar-refractivity contribution in [3.63, 3.8) is 0 Å². The Balaban J connectivity index is 2.03. The first-order valence-electron chi connectivity index (χ1n) is 5.75. The first-order valence-corrected chi connectivity index (χ1v) is 6.13. The van der Waals surface area contributed by atoms with Gasteiger partial charge >= 0.3 is 0 Å². The van der Waals surface area contributed by atoms with Gasteiger partial charge in [0.2, 0.25) is 5.88 Å². The molecule has 1 N–H and O–H groups in total. The minimum absolute atomic E-state index is 0.306. The third-order valence-electron chi connectivity index (χ3n) is 2.83.